The zero-order valence-corrected chi connectivity index (χ0v) is 18.4. The predicted molar refractivity (Wildman–Crippen MR) is 121 cm³/mol. The third kappa shape index (κ3) is 5.37. The number of halogens is 1. The molecule has 8 nitrogen and oxygen atoms in total. The molecule has 9 heteroatoms. The SMILES string of the molecule is CN=C(NCCc1ccc2c(c1)OCO2)NCc1ccc(-n2cncn2)cc1.I. The maximum atomic E-state index is 5.42. The molecule has 3 aromatic rings. The first-order chi connectivity index (χ1) is 13.8. The highest BCUT2D eigenvalue weighted by molar-refractivity contribution is 14.0. The van der Waals surface area contributed by atoms with Crippen molar-refractivity contribution in [3.8, 4) is 17.2 Å². The molecule has 4 rings (SSSR count). The van der Waals surface area contributed by atoms with Crippen LogP contribution in [0.1, 0.15) is 11.1 Å². The molecule has 1 aliphatic rings. The summed E-state index contributed by atoms with van der Waals surface area (Å²) in [7, 11) is 1.77. The lowest BCUT2D eigenvalue weighted by molar-refractivity contribution is 0.174. The van der Waals surface area contributed by atoms with Gasteiger partial charge in [0.2, 0.25) is 6.79 Å². The van der Waals surface area contributed by atoms with Gasteiger partial charge in [-0.1, -0.05) is 18.2 Å². The number of aliphatic imine (C=N–C) groups is 1. The Kier molecular flexibility index (Phi) is 7.28. The average Bonchev–Trinajstić information content (AvgIpc) is 3.42. The number of fused-ring (bicyclic) bond motifs is 1. The largest absolute Gasteiger partial charge is 0.454 e. The molecule has 0 saturated heterocycles. The minimum absolute atomic E-state index is 0. The molecule has 29 heavy (non-hydrogen) atoms. The fourth-order valence-electron chi connectivity index (χ4n) is 2.94. The topological polar surface area (TPSA) is 85.6 Å². The maximum Gasteiger partial charge on any atom is 0.231 e. The highest BCUT2D eigenvalue weighted by atomic mass is 127. The van der Waals surface area contributed by atoms with Crippen molar-refractivity contribution in [2.75, 3.05) is 20.4 Å². The Bertz CT molecular complexity index is 944. The number of nitrogens with zero attached hydrogens (tertiary/aromatic N) is 4. The molecule has 0 aliphatic carbocycles. The second kappa shape index (κ2) is 10.1. The van der Waals surface area contributed by atoms with E-state index in [0.717, 1.165) is 41.7 Å². The van der Waals surface area contributed by atoms with Crippen LogP contribution in [0.15, 0.2) is 60.1 Å². The first-order valence-corrected chi connectivity index (χ1v) is 9.09. The molecular formula is C20H23IN6O2. The van der Waals surface area contributed by atoms with Gasteiger partial charge in [0.05, 0.1) is 5.69 Å². The van der Waals surface area contributed by atoms with Crippen molar-refractivity contribution in [3.63, 3.8) is 0 Å². The highest BCUT2D eigenvalue weighted by Crippen LogP contribution is 2.32. The Hall–Kier alpha value is -2.82. The molecule has 0 atom stereocenters. The third-order valence-electron chi connectivity index (χ3n) is 4.45. The summed E-state index contributed by atoms with van der Waals surface area (Å²) >= 11 is 0. The van der Waals surface area contributed by atoms with Crippen LogP contribution >= 0.6 is 24.0 Å². The monoisotopic (exact) mass is 506 g/mol. The normalized spacial score (nSPS) is 12.4. The van der Waals surface area contributed by atoms with Gasteiger partial charge in [-0.05, 0) is 41.8 Å². The fraction of sp³-hybridized carbons (Fsp3) is 0.250. The van der Waals surface area contributed by atoms with Crippen molar-refractivity contribution in [3.05, 3.63) is 66.2 Å². The number of ether oxygens (including phenoxy) is 2. The fourth-order valence-corrected chi connectivity index (χ4v) is 2.94. The van der Waals surface area contributed by atoms with E-state index in [-0.39, 0.29) is 24.0 Å². The van der Waals surface area contributed by atoms with E-state index in [1.165, 1.54) is 11.9 Å². The van der Waals surface area contributed by atoms with E-state index < -0.39 is 0 Å². The van der Waals surface area contributed by atoms with Gasteiger partial charge >= 0.3 is 0 Å². The smallest absolute Gasteiger partial charge is 0.231 e. The van der Waals surface area contributed by atoms with E-state index in [9.17, 15) is 0 Å². The van der Waals surface area contributed by atoms with Crippen LogP contribution in [0.5, 0.6) is 11.5 Å². The quantitative estimate of drug-likeness (QED) is 0.304. The minimum atomic E-state index is 0. The zero-order chi connectivity index (χ0) is 19.2. The molecule has 0 fully saturated rings. The standard InChI is InChI=1S/C20H22N6O2.HI/c1-21-20(23-9-8-15-4-7-18-19(10-15)28-14-27-18)24-11-16-2-5-17(6-3-16)26-13-22-12-25-26;/h2-7,10,12-13H,8-9,11,14H2,1H3,(H2,21,23,24);1H. The van der Waals surface area contributed by atoms with Gasteiger partial charge in [0.25, 0.3) is 0 Å². The van der Waals surface area contributed by atoms with Crippen molar-refractivity contribution in [1.82, 2.24) is 25.4 Å². The van der Waals surface area contributed by atoms with E-state index in [1.807, 2.05) is 24.3 Å². The highest BCUT2D eigenvalue weighted by Gasteiger charge is 2.12. The van der Waals surface area contributed by atoms with Gasteiger partial charge in [0, 0.05) is 20.1 Å². The van der Waals surface area contributed by atoms with Crippen molar-refractivity contribution >= 4 is 29.9 Å². The van der Waals surface area contributed by atoms with Crippen LogP contribution in [-0.4, -0.2) is 41.1 Å². The van der Waals surface area contributed by atoms with Gasteiger partial charge in [-0.2, -0.15) is 5.10 Å². The molecule has 1 aromatic heterocycles. The summed E-state index contributed by atoms with van der Waals surface area (Å²) in [5.74, 6) is 2.39. The Labute approximate surface area is 186 Å². The van der Waals surface area contributed by atoms with Gasteiger partial charge in [-0.25, -0.2) is 9.67 Å². The van der Waals surface area contributed by atoms with Gasteiger partial charge < -0.3 is 20.1 Å². The summed E-state index contributed by atoms with van der Waals surface area (Å²) in [6.45, 7) is 1.75. The molecule has 0 amide bonds. The van der Waals surface area contributed by atoms with Crippen molar-refractivity contribution in [1.29, 1.82) is 0 Å². The number of hydrogen-bond donors (Lipinski definition) is 2. The van der Waals surface area contributed by atoms with Crippen LogP contribution in [0.3, 0.4) is 0 Å². The molecule has 0 spiro atoms. The Morgan fingerprint density at radius 3 is 2.62 bits per heavy atom. The van der Waals surface area contributed by atoms with Crippen LogP contribution < -0.4 is 20.1 Å². The lowest BCUT2D eigenvalue weighted by atomic mass is 10.1. The molecular weight excluding hydrogens is 483 g/mol. The van der Waals surface area contributed by atoms with Crippen molar-refractivity contribution < 1.29 is 9.47 Å². The predicted octanol–water partition coefficient (Wildman–Crippen LogP) is 2.52. The van der Waals surface area contributed by atoms with E-state index in [2.05, 4.69) is 43.9 Å². The van der Waals surface area contributed by atoms with Gasteiger partial charge in [0.15, 0.2) is 17.5 Å². The van der Waals surface area contributed by atoms with Gasteiger partial charge in [-0.15, -0.1) is 24.0 Å². The summed E-state index contributed by atoms with van der Waals surface area (Å²) in [6, 6.07) is 14.2. The van der Waals surface area contributed by atoms with Crippen LogP contribution in [-0.2, 0) is 13.0 Å². The van der Waals surface area contributed by atoms with Crippen molar-refractivity contribution in [2.24, 2.45) is 4.99 Å². The second-order valence-electron chi connectivity index (χ2n) is 6.30. The lowest BCUT2D eigenvalue weighted by Crippen LogP contribution is -2.37. The molecule has 0 unspecified atom stereocenters. The summed E-state index contributed by atoms with van der Waals surface area (Å²) in [4.78, 5) is 8.24. The average molecular weight is 506 g/mol. The number of rotatable bonds is 6. The second-order valence-corrected chi connectivity index (χ2v) is 6.30. The van der Waals surface area contributed by atoms with Crippen LogP contribution in [0, 0.1) is 0 Å². The Balaban J connectivity index is 0.00000240. The number of benzene rings is 2. The van der Waals surface area contributed by atoms with Gasteiger partial charge in [-0.3, -0.25) is 4.99 Å². The number of nitrogens with one attached hydrogen (secondary N) is 2. The molecule has 0 bridgehead atoms. The number of aromatic nitrogens is 3. The molecule has 152 valence electrons. The van der Waals surface area contributed by atoms with E-state index in [1.54, 1.807) is 18.1 Å². The summed E-state index contributed by atoms with van der Waals surface area (Å²) in [6.07, 6.45) is 4.07. The van der Waals surface area contributed by atoms with Crippen molar-refractivity contribution in [2.45, 2.75) is 13.0 Å². The molecule has 2 N–H and O–H groups in total. The van der Waals surface area contributed by atoms with Crippen LogP contribution in [0.2, 0.25) is 0 Å². The minimum Gasteiger partial charge on any atom is -0.454 e. The lowest BCUT2D eigenvalue weighted by Gasteiger charge is -2.12. The molecule has 1 aliphatic heterocycles. The Morgan fingerprint density at radius 2 is 1.86 bits per heavy atom. The van der Waals surface area contributed by atoms with E-state index in [4.69, 9.17) is 9.47 Å². The van der Waals surface area contributed by atoms with Crippen LogP contribution in [0.25, 0.3) is 5.69 Å². The number of guanidine groups is 1. The Morgan fingerprint density at radius 1 is 1.07 bits per heavy atom. The molecule has 2 heterocycles. The van der Waals surface area contributed by atoms with E-state index in [0.29, 0.717) is 13.3 Å². The molecule has 2 aromatic carbocycles. The summed E-state index contributed by atoms with van der Waals surface area (Å²) < 4.78 is 12.5. The molecule has 0 saturated carbocycles. The maximum absolute atomic E-state index is 5.42. The first kappa shape index (κ1) is 20.9. The zero-order valence-electron chi connectivity index (χ0n) is 16.0. The summed E-state index contributed by atoms with van der Waals surface area (Å²) in [5, 5.41) is 10.8. The summed E-state index contributed by atoms with van der Waals surface area (Å²) in [5.41, 5.74) is 3.32. The first-order valence-electron chi connectivity index (χ1n) is 9.09. The van der Waals surface area contributed by atoms with E-state index >= 15 is 0 Å². The van der Waals surface area contributed by atoms with Gasteiger partial charge in [0.1, 0.15) is 12.7 Å². The van der Waals surface area contributed by atoms with Crippen LogP contribution in [0.4, 0.5) is 0 Å². The molecule has 0 radical (unpaired) electrons. The number of hydrogen-bond acceptors (Lipinski definition) is 5. The third-order valence-corrected chi connectivity index (χ3v) is 4.45.